The zero-order chi connectivity index (χ0) is 19.4. The number of aliphatic imine (C=N–C) groups is 1. The normalized spacial score (nSPS) is 16.7. The molecule has 1 heterocycles. The minimum Gasteiger partial charge on any atom is -0.368 e. The first-order valence-corrected chi connectivity index (χ1v) is 10.4. The number of halogens is 1. The Hall–Kier alpha value is -1.87. The van der Waals surface area contributed by atoms with Gasteiger partial charge in [-0.1, -0.05) is 0 Å². The molecular formula is C17H28FN5O2S. The molecule has 0 aliphatic carbocycles. The van der Waals surface area contributed by atoms with E-state index in [1.165, 1.54) is 12.1 Å². The zero-order valence-corrected chi connectivity index (χ0v) is 16.6. The molecule has 9 heteroatoms. The van der Waals surface area contributed by atoms with Crippen LogP contribution in [0, 0.1) is 5.82 Å². The fourth-order valence-corrected chi connectivity index (χ4v) is 4.07. The summed E-state index contributed by atoms with van der Waals surface area (Å²) >= 11 is 0. The van der Waals surface area contributed by atoms with Gasteiger partial charge in [0.05, 0.1) is 6.26 Å². The van der Waals surface area contributed by atoms with E-state index in [0.29, 0.717) is 6.54 Å². The third kappa shape index (κ3) is 6.14. The summed E-state index contributed by atoms with van der Waals surface area (Å²) in [6, 6.07) is 6.52. The summed E-state index contributed by atoms with van der Waals surface area (Å²) in [4.78, 5) is 8.65. The number of hydrogen-bond donors (Lipinski definition) is 2. The molecule has 0 bridgehead atoms. The monoisotopic (exact) mass is 385 g/mol. The molecule has 0 spiro atoms. The highest BCUT2D eigenvalue weighted by Gasteiger charge is 2.25. The van der Waals surface area contributed by atoms with Gasteiger partial charge in [0.2, 0.25) is 10.0 Å². The first-order valence-electron chi connectivity index (χ1n) is 8.55. The van der Waals surface area contributed by atoms with Crippen LogP contribution in [0.1, 0.15) is 13.8 Å². The largest absolute Gasteiger partial charge is 0.368 e. The van der Waals surface area contributed by atoms with Gasteiger partial charge in [-0.3, -0.25) is 4.99 Å². The predicted molar refractivity (Wildman–Crippen MR) is 104 cm³/mol. The van der Waals surface area contributed by atoms with Crippen LogP contribution in [0.5, 0.6) is 0 Å². The molecular weight excluding hydrogens is 357 g/mol. The standard InChI is InChI=1S/C17H28FN5O2S/c1-17(2,21-26(4,24)25)13-20-16(19-3)23-11-9-22(10-12-23)15-7-5-14(18)6-8-15/h5-8,21H,9-13H2,1-4H3,(H,19,20). The minimum absolute atomic E-state index is 0.234. The van der Waals surface area contributed by atoms with E-state index in [1.807, 2.05) is 13.8 Å². The van der Waals surface area contributed by atoms with Gasteiger partial charge >= 0.3 is 0 Å². The number of sulfonamides is 1. The van der Waals surface area contributed by atoms with E-state index in [1.54, 1.807) is 19.2 Å². The van der Waals surface area contributed by atoms with Crippen LogP contribution in [-0.4, -0.2) is 70.8 Å². The van der Waals surface area contributed by atoms with Crippen LogP contribution in [-0.2, 0) is 10.0 Å². The molecule has 0 radical (unpaired) electrons. The molecule has 7 nitrogen and oxygen atoms in total. The molecule has 1 aliphatic rings. The number of rotatable bonds is 5. The van der Waals surface area contributed by atoms with Crippen LogP contribution in [0.3, 0.4) is 0 Å². The highest BCUT2D eigenvalue weighted by Crippen LogP contribution is 2.17. The van der Waals surface area contributed by atoms with Crippen LogP contribution in [0.15, 0.2) is 29.3 Å². The maximum absolute atomic E-state index is 13.1. The van der Waals surface area contributed by atoms with Gasteiger partial charge in [0.25, 0.3) is 0 Å². The highest BCUT2D eigenvalue weighted by atomic mass is 32.2. The van der Waals surface area contributed by atoms with E-state index in [4.69, 9.17) is 0 Å². The quantitative estimate of drug-likeness (QED) is 0.581. The van der Waals surface area contributed by atoms with Crippen LogP contribution in [0.25, 0.3) is 0 Å². The lowest BCUT2D eigenvalue weighted by molar-refractivity contribution is 0.363. The smallest absolute Gasteiger partial charge is 0.209 e. The van der Waals surface area contributed by atoms with Gasteiger partial charge in [0.1, 0.15) is 5.82 Å². The molecule has 146 valence electrons. The average Bonchev–Trinajstić information content (AvgIpc) is 2.54. The van der Waals surface area contributed by atoms with E-state index in [2.05, 4.69) is 24.8 Å². The Morgan fingerprint density at radius 2 is 1.77 bits per heavy atom. The summed E-state index contributed by atoms with van der Waals surface area (Å²) in [5.41, 5.74) is 0.381. The van der Waals surface area contributed by atoms with Crippen molar-refractivity contribution in [3.8, 4) is 0 Å². The molecule has 1 aromatic carbocycles. The van der Waals surface area contributed by atoms with Crippen LogP contribution >= 0.6 is 0 Å². The Kier molecular flexibility index (Phi) is 6.46. The van der Waals surface area contributed by atoms with Gasteiger partial charge in [-0.05, 0) is 38.1 Å². The molecule has 0 aromatic heterocycles. The molecule has 2 rings (SSSR count). The zero-order valence-electron chi connectivity index (χ0n) is 15.8. The maximum Gasteiger partial charge on any atom is 0.209 e. The number of nitrogens with zero attached hydrogens (tertiary/aromatic N) is 3. The van der Waals surface area contributed by atoms with E-state index in [-0.39, 0.29) is 5.82 Å². The van der Waals surface area contributed by atoms with E-state index in [9.17, 15) is 12.8 Å². The molecule has 0 unspecified atom stereocenters. The number of nitrogens with one attached hydrogen (secondary N) is 2. The molecule has 1 aromatic rings. The van der Waals surface area contributed by atoms with Gasteiger partial charge in [-0.2, -0.15) is 0 Å². The maximum atomic E-state index is 13.1. The average molecular weight is 386 g/mol. The lowest BCUT2D eigenvalue weighted by Crippen LogP contribution is -2.56. The SMILES string of the molecule is CN=C(NCC(C)(C)NS(C)(=O)=O)N1CCN(c2ccc(F)cc2)CC1. The van der Waals surface area contributed by atoms with Gasteiger partial charge in [-0.15, -0.1) is 0 Å². The van der Waals surface area contributed by atoms with Gasteiger partial charge < -0.3 is 15.1 Å². The summed E-state index contributed by atoms with van der Waals surface area (Å²) < 4.78 is 38.6. The summed E-state index contributed by atoms with van der Waals surface area (Å²) in [7, 11) is -1.57. The van der Waals surface area contributed by atoms with Crippen molar-refractivity contribution < 1.29 is 12.8 Å². The first kappa shape index (κ1) is 20.4. The summed E-state index contributed by atoms with van der Waals surface area (Å²) in [5.74, 6) is 0.509. The van der Waals surface area contributed by atoms with Crippen molar-refractivity contribution in [2.45, 2.75) is 19.4 Å². The Bertz CT molecular complexity index is 726. The third-order valence-electron chi connectivity index (χ3n) is 4.13. The fourth-order valence-electron chi connectivity index (χ4n) is 3.00. The summed E-state index contributed by atoms with van der Waals surface area (Å²) in [6.07, 6.45) is 1.15. The Morgan fingerprint density at radius 3 is 2.27 bits per heavy atom. The van der Waals surface area contributed by atoms with Crippen molar-refractivity contribution >= 4 is 21.7 Å². The number of benzene rings is 1. The molecule has 1 saturated heterocycles. The van der Waals surface area contributed by atoms with Crippen LogP contribution in [0.4, 0.5) is 10.1 Å². The van der Waals surface area contributed by atoms with Crippen molar-refractivity contribution in [1.82, 2.24) is 14.9 Å². The Labute approximate surface area is 155 Å². The van der Waals surface area contributed by atoms with Gasteiger partial charge in [0, 0.05) is 51.0 Å². The van der Waals surface area contributed by atoms with E-state index < -0.39 is 15.6 Å². The fraction of sp³-hybridized carbons (Fsp3) is 0.588. The van der Waals surface area contributed by atoms with Crippen molar-refractivity contribution in [2.75, 3.05) is 50.9 Å². The van der Waals surface area contributed by atoms with E-state index in [0.717, 1.165) is 44.1 Å². The van der Waals surface area contributed by atoms with Crippen LogP contribution in [0.2, 0.25) is 0 Å². The lowest BCUT2D eigenvalue weighted by atomic mass is 10.1. The molecule has 1 fully saturated rings. The lowest BCUT2D eigenvalue weighted by Gasteiger charge is -2.38. The van der Waals surface area contributed by atoms with Crippen molar-refractivity contribution in [2.24, 2.45) is 4.99 Å². The summed E-state index contributed by atoms with van der Waals surface area (Å²) in [6.45, 7) is 7.22. The van der Waals surface area contributed by atoms with Crippen molar-refractivity contribution in [3.63, 3.8) is 0 Å². The first-order chi connectivity index (χ1) is 12.1. The van der Waals surface area contributed by atoms with Gasteiger partial charge in [-0.25, -0.2) is 17.5 Å². The number of anilines is 1. The second kappa shape index (κ2) is 8.22. The minimum atomic E-state index is -3.28. The second-order valence-electron chi connectivity index (χ2n) is 7.11. The molecule has 2 N–H and O–H groups in total. The van der Waals surface area contributed by atoms with Gasteiger partial charge in [0.15, 0.2) is 5.96 Å². The van der Waals surface area contributed by atoms with Crippen molar-refractivity contribution in [1.29, 1.82) is 0 Å². The molecule has 0 amide bonds. The molecule has 0 atom stereocenters. The number of hydrogen-bond acceptors (Lipinski definition) is 4. The highest BCUT2D eigenvalue weighted by molar-refractivity contribution is 7.88. The Balaban J connectivity index is 1.89. The second-order valence-corrected chi connectivity index (χ2v) is 8.86. The number of guanidine groups is 1. The molecule has 0 saturated carbocycles. The Morgan fingerprint density at radius 1 is 1.19 bits per heavy atom. The summed E-state index contributed by atoms with van der Waals surface area (Å²) in [5, 5.41) is 3.24. The topological polar surface area (TPSA) is 77.0 Å². The van der Waals surface area contributed by atoms with E-state index >= 15 is 0 Å². The molecule has 1 aliphatic heterocycles. The molecule has 26 heavy (non-hydrogen) atoms. The predicted octanol–water partition coefficient (Wildman–Crippen LogP) is 0.851. The third-order valence-corrected chi connectivity index (χ3v) is 5.06. The van der Waals surface area contributed by atoms with Crippen LogP contribution < -0.4 is 14.9 Å². The number of piperazine rings is 1. The van der Waals surface area contributed by atoms with Crippen molar-refractivity contribution in [3.05, 3.63) is 30.1 Å².